The van der Waals surface area contributed by atoms with Crippen LogP contribution in [0.25, 0.3) is 16.6 Å². The number of carbonyl (C=O) groups is 1. The number of rotatable bonds is 13. The monoisotopic (exact) mass is 1120 g/mol. The van der Waals surface area contributed by atoms with E-state index in [9.17, 15) is 23.3 Å². The topological polar surface area (TPSA) is 157 Å². The number of halogens is 2. The number of piperazine rings is 2. The zero-order valence-electron chi connectivity index (χ0n) is 40.2. The number of pyridine rings is 1. The standard InChI is InChI=1S/C55H57ClIN8O6S/c1-55(2)24-22-42(49(37-55)40-14-16-43(56)17-15-40)39-61-26-28-62(29-27-61)45-18-20-48(52(35-45)71-46-34-41-23-25-58-53(41)59-38-46)54(66)60-72(69,70)47-19-21-50(51(36-47)65(67)68)63-30-32-64(33-31-63)57-44-12-10-8-6-4-3-5-7-9-11-13-44/h3-21,23,25,34-36,38H,22,24,26-33,37,39H2,1-2H3,(H,58,59)(H,60,66)/q-1/b4-3-,5-3?,6-4?,7-5-,8-6-,9-7?,10-8?,11-9-,12-10-,13-11?,44-12?,44-13+. The number of ether oxygens (including phenoxy) is 1. The van der Waals surface area contributed by atoms with Crippen molar-refractivity contribution < 1.29 is 44.4 Å². The Morgan fingerprint density at radius 2 is 1.57 bits per heavy atom. The molecule has 4 heterocycles. The van der Waals surface area contributed by atoms with Crippen molar-refractivity contribution in [2.45, 2.75) is 38.0 Å². The fourth-order valence-corrected chi connectivity index (χ4v) is 12.9. The van der Waals surface area contributed by atoms with Crippen LogP contribution in [0.15, 0.2) is 166 Å². The van der Waals surface area contributed by atoms with Crippen LogP contribution < -0.4 is 40.7 Å². The van der Waals surface area contributed by atoms with Crippen molar-refractivity contribution in [1.82, 2.24) is 22.7 Å². The van der Waals surface area contributed by atoms with Crippen LogP contribution in [0.3, 0.4) is 0 Å². The quantitative estimate of drug-likeness (QED) is 0.0518. The van der Waals surface area contributed by atoms with Crippen molar-refractivity contribution in [2.75, 3.05) is 68.7 Å². The molecule has 0 spiro atoms. The molecule has 1 amide bonds. The molecule has 0 bridgehead atoms. The molecule has 4 aliphatic rings. The summed E-state index contributed by atoms with van der Waals surface area (Å²) in [5.41, 5.74) is 5.72. The van der Waals surface area contributed by atoms with Gasteiger partial charge in [0.2, 0.25) is 0 Å². The minimum absolute atomic E-state index is 0.0343. The van der Waals surface area contributed by atoms with Crippen LogP contribution in [0.2, 0.25) is 5.02 Å². The average molecular weight is 1120 g/mol. The maximum Gasteiger partial charge on any atom is 0.146 e. The van der Waals surface area contributed by atoms with Crippen molar-refractivity contribution in [3.05, 3.63) is 187 Å². The normalized spacial score (nSPS) is 21.0. The molecule has 0 radical (unpaired) electrons. The molecule has 3 aromatic carbocycles. The number of nitro benzene ring substituents is 1. The molecule has 2 aromatic heterocycles. The number of hydrogen-bond donors (Lipinski definition) is 2. The number of nitrogens with one attached hydrogen (secondary N) is 2. The fourth-order valence-electron chi connectivity index (χ4n) is 9.30. The molecule has 72 heavy (non-hydrogen) atoms. The van der Waals surface area contributed by atoms with Crippen molar-refractivity contribution in [2.24, 2.45) is 5.41 Å². The molecule has 2 fully saturated rings. The van der Waals surface area contributed by atoms with E-state index in [1.54, 1.807) is 30.5 Å². The Morgan fingerprint density at radius 3 is 2.31 bits per heavy atom. The number of fused-ring (bicyclic) bond motifs is 1. The summed E-state index contributed by atoms with van der Waals surface area (Å²) >= 11 is 5.75. The van der Waals surface area contributed by atoms with Crippen LogP contribution in [0.5, 0.6) is 11.5 Å². The van der Waals surface area contributed by atoms with Gasteiger partial charge in [0.15, 0.2) is 0 Å². The van der Waals surface area contributed by atoms with Crippen molar-refractivity contribution >= 4 is 61.2 Å². The third-order valence-electron chi connectivity index (χ3n) is 13.2. The number of aromatic amines is 1. The molecule has 2 N–H and O–H groups in total. The number of carbonyl (C=O) groups excluding carboxylic acids is 1. The molecule has 0 saturated carbocycles. The van der Waals surface area contributed by atoms with Gasteiger partial charge < -0.3 is 14.6 Å². The first-order chi connectivity index (χ1) is 34.8. The number of benzene rings is 3. The van der Waals surface area contributed by atoms with E-state index in [0.29, 0.717) is 43.3 Å². The molecule has 2 aliphatic carbocycles. The zero-order chi connectivity index (χ0) is 50.2. The molecule has 2 aliphatic heterocycles. The molecule has 374 valence electrons. The Bertz CT molecular complexity index is 3160. The third kappa shape index (κ3) is 12.6. The number of hydrogen-bond acceptors (Lipinski definition) is 11. The van der Waals surface area contributed by atoms with Gasteiger partial charge in [-0.2, -0.15) is 0 Å². The molecule has 14 nitrogen and oxygen atoms in total. The first kappa shape index (κ1) is 50.6. The Hall–Kier alpha value is -6.31. The summed E-state index contributed by atoms with van der Waals surface area (Å²) in [4.78, 5) is 39.9. The fraction of sp³-hybridized carbons (Fsp3) is 0.273. The first-order valence-corrected chi connectivity index (χ1v) is 27.9. The summed E-state index contributed by atoms with van der Waals surface area (Å²) < 4.78 is 40.1. The Kier molecular flexibility index (Phi) is 15.9. The Balaban J connectivity index is 0.894. The van der Waals surface area contributed by atoms with Crippen LogP contribution in [0.1, 0.15) is 49.0 Å². The number of allylic oxidation sites excluding steroid dienone is 13. The van der Waals surface area contributed by atoms with E-state index in [-0.39, 0.29) is 22.4 Å². The van der Waals surface area contributed by atoms with Gasteiger partial charge in [0.25, 0.3) is 0 Å². The minimum Gasteiger partial charge on any atom is -0.455 e. The molecule has 2 saturated heterocycles. The molecule has 0 unspecified atom stereocenters. The third-order valence-corrected chi connectivity index (χ3v) is 17.7. The van der Waals surface area contributed by atoms with Gasteiger partial charge in [-0.15, -0.1) is 0 Å². The van der Waals surface area contributed by atoms with Crippen LogP contribution in [0.4, 0.5) is 17.1 Å². The average Bonchev–Trinajstić information content (AvgIpc) is 3.84. The van der Waals surface area contributed by atoms with Gasteiger partial charge in [-0.1, -0.05) is 43.2 Å². The molecular weight excluding hydrogens is 1060 g/mol. The zero-order valence-corrected chi connectivity index (χ0v) is 43.9. The number of nitrogens with zero attached hydrogens (tertiary/aromatic N) is 6. The van der Waals surface area contributed by atoms with Gasteiger partial charge >= 0.3 is 215 Å². The van der Waals surface area contributed by atoms with Crippen molar-refractivity contribution in [3.63, 3.8) is 0 Å². The van der Waals surface area contributed by atoms with Gasteiger partial charge in [0, 0.05) is 61.1 Å². The van der Waals surface area contributed by atoms with Crippen LogP contribution in [0, 0.1) is 15.5 Å². The summed E-state index contributed by atoms with van der Waals surface area (Å²) in [6.45, 7) is 11.0. The van der Waals surface area contributed by atoms with E-state index in [1.165, 1.54) is 38.6 Å². The summed E-state index contributed by atoms with van der Waals surface area (Å²) in [5, 5.41) is 14.1. The number of aromatic nitrogens is 2. The van der Waals surface area contributed by atoms with Crippen molar-refractivity contribution in [1.29, 1.82) is 0 Å². The van der Waals surface area contributed by atoms with Gasteiger partial charge in [0.05, 0.1) is 6.20 Å². The van der Waals surface area contributed by atoms with E-state index in [0.717, 1.165) is 74.1 Å². The SMILES string of the molecule is CC1(C)CCC(CN2CCN(c3ccc(C(=O)NS(=O)(=O)c4ccc(N5CCN([I-]C6=C/C=C\C=C/C=C\C=C/C=C\6)CC5)c([N+](=O)[O-])c4)c(Oc4cnc5[nH]ccc5c4)c3)CC2)=C(c2ccc(Cl)cc2)C1. The van der Waals surface area contributed by atoms with E-state index >= 15 is 0 Å². The van der Waals surface area contributed by atoms with Gasteiger partial charge in [-0.3, -0.25) is 4.90 Å². The van der Waals surface area contributed by atoms with Gasteiger partial charge in [-0.25, -0.2) is 4.98 Å². The smallest absolute Gasteiger partial charge is 0.146 e. The van der Waals surface area contributed by atoms with Gasteiger partial charge in [-0.05, 0) is 72.2 Å². The number of sulfonamides is 1. The van der Waals surface area contributed by atoms with Crippen LogP contribution in [-0.2, 0) is 10.0 Å². The molecule has 0 atom stereocenters. The minimum atomic E-state index is -4.60. The van der Waals surface area contributed by atoms with E-state index in [4.69, 9.17) is 16.3 Å². The number of amides is 1. The second-order valence-corrected chi connectivity index (χ2v) is 24.0. The Labute approximate surface area is 436 Å². The summed E-state index contributed by atoms with van der Waals surface area (Å²) in [7, 11) is -4.60. The van der Waals surface area contributed by atoms with Crippen LogP contribution >= 0.6 is 11.6 Å². The first-order valence-electron chi connectivity index (χ1n) is 24.0. The summed E-state index contributed by atoms with van der Waals surface area (Å²) in [6.07, 6.45) is 28.6. The van der Waals surface area contributed by atoms with E-state index < -0.39 is 47.2 Å². The second-order valence-electron chi connectivity index (χ2n) is 18.8. The van der Waals surface area contributed by atoms with Gasteiger partial charge in [0.1, 0.15) is 17.1 Å². The van der Waals surface area contributed by atoms with Crippen LogP contribution in [-0.4, -0.2) is 96.1 Å². The second kappa shape index (κ2) is 22.6. The maximum atomic E-state index is 14.1. The molecular formula is C55H57ClIN8O6S-. The number of nitro groups is 1. The van der Waals surface area contributed by atoms with E-state index in [2.05, 4.69) is 65.7 Å². The number of anilines is 2. The largest absolute Gasteiger partial charge is 0.455 e. The van der Waals surface area contributed by atoms with E-state index in [1.807, 2.05) is 77.8 Å². The summed E-state index contributed by atoms with van der Waals surface area (Å²) in [6, 6.07) is 20.7. The molecule has 5 aromatic rings. The summed E-state index contributed by atoms with van der Waals surface area (Å²) in [5.74, 6) is -0.466. The maximum absolute atomic E-state index is 14.1. The Morgan fingerprint density at radius 1 is 0.861 bits per heavy atom. The predicted molar refractivity (Wildman–Crippen MR) is 283 cm³/mol. The van der Waals surface area contributed by atoms with Crippen molar-refractivity contribution in [3.8, 4) is 11.5 Å². The molecule has 9 rings (SSSR count). The molecule has 17 heteroatoms. The number of H-pyrrole nitrogens is 1. The predicted octanol–water partition coefficient (Wildman–Crippen LogP) is 7.63.